The quantitative estimate of drug-likeness (QED) is 0.787. The Morgan fingerprint density at radius 3 is 2.68 bits per heavy atom. The van der Waals surface area contributed by atoms with Crippen molar-refractivity contribution in [3.63, 3.8) is 0 Å². The van der Waals surface area contributed by atoms with Gasteiger partial charge in [0, 0.05) is 25.2 Å². The summed E-state index contributed by atoms with van der Waals surface area (Å²) in [5.74, 6) is -0.487. The van der Waals surface area contributed by atoms with Crippen molar-refractivity contribution in [2.45, 2.75) is 58.8 Å². The maximum absolute atomic E-state index is 14.3. The molecule has 1 atom stereocenters. The minimum atomic E-state index is -0.334. The third-order valence-corrected chi connectivity index (χ3v) is 5.48. The molecule has 28 heavy (non-hydrogen) atoms. The van der Waals surface area contributed by atoms with Crippen molar-refractivity contribution in [2.24, 2.45) is 0 Å². The first-order valence-corrected chi connectivity index (χ1v) is 9.77. The van der Waals surface area contributed by atoms with Gasteiger partial charge in [0.15, 0.2) is 0 Å². The van der Waals surface area contributed by atoms with Crippen LogP contribution >= 0.6 is 0 Å². The molecule has 1 aliphatic heterocycles. The summed E-state index contributed by atoms with van der Waals surface area (Å²) >= 11 is 0. The SMILES string of the molecule is CC(=O)Nc1cc(F)c(C)c(CC[C@H]2COC(C)(C)N2Cc2ccccc2)c1. The van der Waals surface area contributed by atoms with Crippen molar-refractivity contribution in [3.8, 4) is 0 Å². The van der Waals surface area contributed by atoms with Crippen LogP contribution in [0.3, 0.4) is 0 Å². The highest BCUT2D eigenvalue weighted by Crippen LogP contribution is 2.32. The summed E-state index contributed by atoms with van der Waals surface area (Å²) in [6, 6.07) is 13.9. The highest BCUT2D eigenvalue weighted by molar-refractivity contribution is 5.88. The molecule has 1 N–H and O–H groups in total. The monoisotopic (exact) mass is 384 g/mol. The van der Waals surface area contributed by atoms with Crippen LogP contribution in [0.15, 0.2) is 42.5 Å². The molecule has 3 rings (SSSR count). The molecule has 1 saturated heterocycles. The van der Waals surface area contributed by atoms with Gasteiger partial charge in [-0.25, -0.2) is 4.39 Å². The Kier molecular flexibility index (Phi) is 6.16. The molecule has 0 saturated carbocycles. The van der Waals surface area contributed by atoms with E-state index in [1.165, 1.54) is 18.6 Å². The summed E-state index contributed by atoms with van der Waals surface area (Å²) in [6.07, 6.45) is 1.59. The van der Waals surface area contributed by atoms with E-state index in [1.807, 2.05) is 24.3 Å². The maximum Gasteiger partial charge on any atom is 0.221 e. The first kappa shape index (κ1) is 20.5. The Morgan fingerprint density at radius 2 is 2.00 bits per heavy atom. The van der Waals surface area contributed by atoms with Crippen molar-refractivity contribution in [3.05, 3.63) is 65.0 Å². The third kappa shape index (κ3) is 4.78. The van der Waals surface area contributed by atoms with Gasteiger partial charge in [0.05, 0.1) is 6.61 Å². The van der Waals surface area contributed by atoms with Gasteiger partial charge < -0.3 is 10.1 Å². The molecule has 0 aromatic heterocycles. The van der Waals surface area contributed by atoms with Crippen LogP contribution in [-0.2, 0) is 22.5 Å². The van der Waals surface area contributed by atoms with Crippen LogP contribution < -0.4 is 5.32 Å². The van der Waals surface area contributed by atoms with Crippen molar-refractivity contribution in [1.82, 2.24) is 4.90 Å². The van der Waals surface area contributed by atoms with Crippen molar-refractivity contribution in [2.75, 3.05) is 11.9 Å². The number of hydrogen-bond acceptors (Lipinski definition) is 3. The van der Waals surface area contributed by atoms with E-state index < -0.39 is 0 Å². The van der Waals surface area contributed by atoms with Gasteiger partial charge in [0.2, 0.25) is 5.91 Å². The Bertz CT molecular complexity index is 836. The second-order valence-electron chi connectivity index (χ2n) is 7.99. The summed E-state index contributed by atoms with van der Waals surface area (Å²) in [5.41, 5.74) is 2.99. The number of nitrogens with one attached hydrogen (secondary N) is 1. The lowest BCUT2D eigenvalue weighted by molar-refractivity contribution is -0.114. The molecule has 0 radical (unpaired) electrons. The predicted molar refractivity (Wildman–Crippen MR) is 110 cm³/mol. The van der Waals surface area contributed by atoms with Gasteiger partial charge in [-0.2, -0.15) is 0 Å². The van der Waals surface area contributed by atoms with Gasteiger partial charge in [-0.1, -0.05) is 30.3 Å². The molecule has 0 unspecified atom stereocenters. The zero-order chi connectivity index (χ0) is 20.3. The number of carbonyl (C=O) groups is 1. The Hall–Kier alpha value is -2.24. The van der Waals surface area contributed by atoms with Gasteiger partial charge >= 0.3 is 0 Å². The number of ether oxygens (including phenoxy) is 1. The Balaban J connectivity index is 1.74. The smallest absolute Gasteiger partial charge is 0.221 e. The van der Waals surface area contributed by atoms with Crippen molar-refractivity contribution in [1.29, 1.82) is 0 Å². The van der Waals surface area contributed by atoms with E-state index in [-0.39, 0.29) is 23.5 Å². The largest absolute Gasteiger partial charge is 0.359 e. The van der Waals surface area contributed by atoms with Gasteiger partial charge in [0.25, 0.3) is 0 Å². The molecule has 5 heteroatoms. The van der Waals surface area contributed by atoms with E-state index in [4.69, 9.17) is 4.74 Å². The summed E-state index contributed by atoms with van der Waals surface area (Å²) in [4.78, 5) is 13.7. The summed E-state index contributed by atoms with van der Waals surface area (Å²) in [7, 11) is 0. The van der Waals surface area contributed by atoms with Crippen molar-refractivity contribution < 1.29 is 13.9 Å². The Labute approximate surface area is 166 Å². The maximum atomic E-state index is 14.3. The Morgan fingerprint density at radius 1 is 1.29 bits per heavy atom. The van der Waals surface area contributed by atoms with E-state index in [1.54, 1.807) is 6.92 Å². The van der Waals surface area contributed by atoms with Gasteiger partial charge in [0.1, 0.15) is 11.5 Å². The number of carbonyl (C=O) groups excluding carboxylic acids is 1. The summed E-state index contributed by atoms with van der Waals surface area (Å²) < 4.78 is 20.3. The molecule has 1 amide bonds. The molecule has 0 spiro atoms. The number of rotatable bonds is 6. The van der Waals surface area contributed by atoms with Crippen LogP contribution in [0.2, 0.25) is 0 Å². The molecule has 4 nitrogen and oxygen atoms in total. The molecule has 1 fully saturated rings. The predicted octanol–water partition coefficient (Wildman–Crippen LogP) is 4.66. The molecule has 150 valence electrons. The zero-order valence-corrected chi connectivity index (χ0v) is 17.1. The van der Waals surface area contributed by atoms with Gasteiger partial charge in [-0.3, -0.25) is 9.69 Å². The number of hydrogen-bond donors (Lipinski definition) is 1. The summed E-state index contributed by atoms with van der Waals surface area (Å²) in [5, 5.41) is 2.68. The molecule has 1 heterocycles. The highest BCUT2D eigenvalue weighted by atomic mass is 19.1. The number of aryl methyl sites for hydroxylation is 1. The minimum Gasteiger partial charge on any atom is -0.359 e. The van der Waals surface area contributed by atoms with Crippen LogP contribution in [0.4, 0.5) is 10.1 Å². The second-order valence-corrected chi connectivity index (χ2v) is 7.99. The van der Waals surface area contributed by atoms with Gasteiger partial charge in [-0.15, -0.1) is 0 Å². The first-order valence-electron chi connectivity index (χ1n) is 9.77. The summed E-state index contributed by atoms with van der Waals surface area (Å²) in [6.45, 7) is 8.89. The van der Waals surface area contributed by atoms with E-state index in [0.29, 0.717) is 17.9 Å². The number of amides is 1. The van der Waals surface area contributed by atoms with Crippen LogP contribution in [0.25, 0.3) is 0 Å². The standard InChI is InChI=1S/C23H29FN2O2/c1-16-19(12-20(13-22(16)24)25-17(2)27)10-11-21-15-28-23(3,4)26(21)14-18-8-6-5-7-9-18/h5-9,12-13,21H,10-11,14-15H2,1-4H3,(H,25,27)/t21-/m0/s1. The normalized spacial score (nSPS) is 19.0. The average Bonchev–Trinajstić information content (AvgIpc) is 2.91. The number of halogens is 1. The van der Waals surface area contributed by atoms with E-state index in [0.717, 1.165) is 24.9 Å². The first-order chi connectivity index (χ1) is 13.3. The topological polar surface area (TPSA) is 41.6 Å². The molecule has 0 aliphatic carbocycles. The van der Waals surface area contributed by atoms with Crippen LogP contribution in [0.1, 0.15) is 43.9 Å². The van der Waals surface area contributed by atoms with E-state index >= 15 is 0 Å². The molecule has 0 bridgehead atoms. The van der Waals surface area contributed by atoms with Gasteiger partial charge in [-0.05, 0) is 62.4 Å². The fourth-order valence-electron chi connectivity index (χ4n) is 3.84. The van der Waals surface area contributed by atoms with E-state index in [9.17, 15) is 9.18 Å². The van der Waals surface area contributed by atoms with Crippen molar-refractivity contribution >= 4 is 11.6 Å². The lowest BCUT2D eigenvalue weighted by Gasteiger charge is -2.34. The average molecular weight is 384 g/mol. The molecular formula is C23H29FN2O2. The lowest BCUT2D eigenvalue weighted by atomic mass is 9.98. The third-order valence-electron chi connectivity index (χ3n) is 5.48. The zero-order valence-electron chi connectivity index (χ0n) is 17.1. The fourth-order valence-corrected chi connectivity index (χ4v) is 3.84. The van der Waals surface area contributed by atoms with Crippen LogP contribution in [-0.4, -0.2) is 29.2 Å². The minimum absolute atomic E-state index is 0.200. The van der Waals surface area contributed by atoms with Crippen LogP contribution in [0.5, 0.6) is 0 Å². The number of benzene rings is 2. The molecular weight excluding hydrogens is 355 g/mol. The molecule has 1 aliphatic rings. The fraction of sp³-hybridized carbons (Fsp3) is 0.435. The lowest BCUT2D eigenvalue weighted by Crippen LogP contribution is -2.43. The van der Waals surface area contributed by atoms with Crippen LogP contribution in [0, 0.1) is 12.7 Å². The molecule has 2 aromatic rings. The number of anilines is 1. The second kappa shape index (κ2) is 8.41. The molecule has 2 aromatic carbocycles. The highest BCUT2D eigenvalue weighted by Gasteiger charge is 2.40. The van der Waals surface area contributed by atoms with E-state index in [2.05, 4.69) is 36.2 Å². The number of nitrogens with zero attached hydrogens (tertiary/aromatic N) is 1.